The van der Waals surface area contributed by atoms with Gasteiger partial charge in [-0.1, -0.05) is 32.0 Å². The number of ether oxygens (including phenoxy) is 1. The number of nitrogens with one attached hydrogen (secondary N) is 1. The summed E-state index contributed by atoms with van der Waals surface area (Å²) in [6, 6.07) is 4.17. The number of aliphatic hydroxyl groups is 1. The summed E-state index contributed by atoms with van der Waals surface area (Å²) < 4.78 is 5.98. The molecule has 3 rings (SSSR count). The van der Waals surface area contributed by atoms with Crippen LogP contribution in [0.4, 0.5) is 11.4 Å². The Morgan fingerprint density at radius 3 is 2.69 bits per heavy atom. The number of aliphatic hydroxyl groups excluding tert-OH is 1. The maximum Gasteiger partial charge on any atom is 0.337 e. The van der Waals surface area contributed by atoms with Gasteiger partial charge in [-0.05, 0) is 69.7 Å². The second kappa shape index (κ2) is 13.0. The first-order valence-corrected chi connectivity index (χ1v) is 13.5. The van der Waals surface area contributed by atoms with Crippen LogP contribution >= 0.6 is 11.6 Å². The van der Waals surface area contributed by atoms with Crippen LogP contribution in [-0.4, -0.2) is 72.6 Å². The lowest BCUT2D eigenvalue weighted by atomic mass is 9.94. The summed E-state index contributed by atoms with van der Waals surface area (Å²) in [4.78, 5) is 16.1. The molecule has 0 amide bonds. The van der Waals surface area contributed by atoms with Crippen molar-refractivity contribution in [2.24, 2.45) is 5.92 Å². The lowest BCUT2D eigenvalue weighted by Gasteiger charge is -2.30. The third-order valence-electron chi connectivity index (χ3n) is 7.24. The zero-order valence-corrected chi connectivity index (χ0v) is 22.9. The zero-order valence-electron chi connectivity index (χ0n) is 22.1. The van der Waals surface area contributed by atoms with Gasteiger partial charge in [-0.2, -0.15) is 0 Å². The number of benzene rings is 1. The molecule has 1 aromatic carbocycles. The molecule has 1 heterocycles. The van der Waals surface area contributed by atoms with E-state index in [1.54, 1.807) is 6.20 Å². The van der Waals surface area contributed by atoms with Crippen molar-refractivity contribution in [3.05, 3.63) is 41.1 Å². The summed E-state index contributed by atoms with van der Waals surface area (Å²) in [5, 5.41) is 23.5. The Kier molecular flexibility index (Phi) is 10.3. The topological polar surface area (TPSA) is 85.3 Å². The average molecular weight is 520 g/mol. The number of hydrogen-bond donors (Lipinski definition) is 3. The monoisotopic (exact) mass is 519 g/mol. The van der Waals surface area contributed by atoms with Gasteiger partial charge in [0.2, 0.25) is 0 Å². The predicted octanol–water partition coefficient (Wildman–Crippen LogP) is 5.24. The number of halogens is 1. The smallest absolute Gasteiger partial charge is 0.337 e. The molecule has 0 saturated heterocycles. The molecule has 0 radical (unpaired) electrons. The van der Waals surface area contributed by atoms with E-state index in [0.717, 1.165) is 62.1 Å². The van der Waals surface area contributed by atoms with Gasteiger partial charge in [0, 0.05) is 44.0 Å². The predicted molar refractivity (Wildman–Crippen MR) is 148 cm³/mol. The summed E-state index contributed by atoms with van der Waals surface area (Å²) in [5.41, 5.74) is 3.27. The number of anilines is 2. The minimum atomic E-state index is -0.964. The first-order chi connectivity index (χ1) is 17.1. The molecule has 1 aromatic rings. The Balaban J connectivity index is 1.47. The number of nitrogens with zero attached hydrogens (tertiary/aromatic N) is 2. The lowest BCUT2D eigenvalue weighted by Crippen LogP contribution is -2.28. The minimum Gasteiger partial charge on any atom is -0.478 e. The van der Waals surface area contributed by atoms with E-state index in [4.69, 9.17) is 16.3 Å². The number of carbonyl (C=O) groups is 1. The molecule has 0 spiro atoms. The van der Waals surface area contributed by atoms with Crippen LogP contribution in [0.2, 0.25) is 5.02 Å². The van der Waals surface area contributed by atoms with Gasteiger partial charge < -0.3 is 30.1 Å². The second-order valence-corrected chi connectivity index (χ2v) is 10.7. The SMILES string of the molecule is C=C1C(C(=O)O)=CN(C2CC2)c2cc(Cl)c(NCCN(C)CCCO[C@H](C)C(C)C[C@@H](O)CC)cc21. The van der Waals surface area contributed by atoms with E-state index in [2.05, 4.69) is 37.7 Å². The molecular formula is C28H42ClN3O4. The minimum absolute atomic E-state index is 0.131. The van der Waals surface area contributed by atoms with Gasteiger partial charge in [0.1, 0.15) is 0 Å². The third-order valence-corrected chi connectivity index (χ3v) is 7.56. The summed E-state index contributed by atoms with van der Waals surface area (Å²) in [6.45, 7) is 13.4. The van der Waals surface area contributed by atoms with Crippen molar-refractivity contribution < 1.29 is 19.7 Å². The number of fused-ring (bicyclic) bond motifs is 1. The Morgan fingerprint density at radius 1 is 1.33 bits per heavy atom. The highest BCUT2D eigenvalue weighted by atomic mass is 35.5. The fourth-order valence-electron chi connectivity index (χ4n) is 4.47. The van der Waals surface area contributed by atoms with Crippen LogP contribution in [-0.2, 0) is 9.53 Å². The summed E-state index contributed by atoms with van der Waals surface area (Å²) in [7, 11) is 2.08. The first kappa shape index (κ1) is 28.5. The van der Waals surface area contributed by atoms with Gasteiger partial charge >= 0.3 is 5.97 Å². The number of rotatable bonds is 15. The van der Waals surface area contributed by atoms with Crippen molar-refractivity contribution >= 4 is 34.5 Å². The normalized spacial score (nSPS) is 18.0. The fraction of sp³-hybridized carbons (Fsp3) is 0.607. The molecule has 7 nitrogen and oxygen atoms in total. The van der Waals surface area contributed by atoms with E-state index >= 15 is 0 Å². The molecule has 3 N–H and O–H groups in total. The molecule has 200 valence electrons. The summed E-state index contributed by atoms with van der Waals surface area (Å²) >= 11 is 6.61. The molecule has 36 heavy (non-hydrogen) atoms. The molecule has 1 unspecified atom stereocenters. The Bertz CT molecular complexity index is 962. The average Bonchev–Trinajstić information content (AvgIpc) is 3.67. The van der Waals surface area contributed by atoms with E-state index in [1.807, 2.05) is 24.0 Å². The maximum atomic E-state index is 11.8. The quantitative estimate of drug-likeness (QED) is 0.273. The Morgan fingerprint density at radius 2 is 2.06 bits per heavy atom. The van der Waals surface area contributed by atoms with Crippen molar-refractivity contribution in [1.29, 1.82) is 0 Å². The number of likely N-dealkylation sites (N-methyl/N-ethyl adjacent to an activating group) is 1. The van der Waals surface area contributed by atoms with Crippen LogP contribution < -0.4 is 10.2 Å². The van der Waals surface area contributed by atoms with Crippen LogP contribution in [0.15, 0.2) is 30.5 Å². The molecule has 1 aliphatic heterocycles. The van der Waals surface area contributed by atoms with Crippen LogP contribution in [0, 0.1) is 5.92 Å². The van der Waals surface area contributed by atoms with Gasteiger partial charge in [0.15, 0.2) is 0 Å². The molecular weight excluding hydrogens is 478 g/mol. The van der Waals surface area contributed by atoms with Crippen molar-refractivity contribution in [1.82, 2.24) is 4.90 Å². The van der Waals surface area contributed by atoms with Crippen molar-refractivity contribution in [2.75, 3.05) is 43.5 Å². The van der Waals surface area contributed by atoms with Gasteiger partial charge in [-0.25, -0.2) is 4.79 Å². The molecule has 8 heteroatoms. The summed E-state index contributed by atoms with van der Waals surface area (Å²) in [5.74, 6) is -0.633. The van der Waals surface area contributed by atoms with E-state index < -0.39 is 5.97 Å². The van der Waals surface area contributed by atoms with Gasteiger partial charge in [-0.3, -0.25) is 0 Å². The molecule has 1 aliphatic carbocycles. The molecule has 2 aliphatic rings. The van der Waals surface area contributed by atoms with Crippen LogP contribution in [0.1, 0.15) is 58.4 Å². The molecule has 0 bridgehead atoms. The fourth-order valence-corrected chi connectivity index (χ4v) is 4.70. The van der Waals surface area contributed by atoms with Crippen LogP contribution in [0.25, 0.3) is 5.57 Å². The van der Waals surface area contributed by atoms with Crippen molar-refractivity contribution in [3.8, 4) is 0 Å². The Hall–Kier alpha value is -2.06. The summed E-state index contributed by atoms with van der Waals surface area (Å²) in [6.07, 6.45) is 6.15. The highest BCUT2D eigenvalue weighted by Gasteiger charge is 2.35. The Labute approximate surface area is 220 Å². The lowest BCUT2D eigenvalue weighted by molar-refractivity contribution is -0.132. The number of hydrogen-bond acceptors (Lipinski definition) is 6. The van der Waals surface area contributed by atoms with E-state index in [1.165, 1.54) is 0 Å². The highest BCUT2D eigenvalue weighted by molar-refractivity contribution is 6.33. The van der Waals surface area contributed by atoms with Crippen LogP contribution in [0.5, 0.6) is 0 Å². The molecule has 1 saturated carbocycles. The third kappa shape index (κ3) is 7.48. The highest BCUT2D eigenvalue weighted by Crippen LogP contribution is 2.45. The standard InChI is InChI=1S/C28H42ClN3O4/c1-6-22(33)14-18(2)20(4)36-13-7-11-31(5)12-10-30-26-15-23-19(3)24(28(34)35)17-32(21-8-9-21)27(23)16-25(26)29/h15-18,20-22,30,33H,3,6-14H2,1-2,4-5H3,(H,34,35)/t18?,20-,22+/m1/s1. The number of carboxylic acid groups (broad SMARTS) is 1. The maximum absolute atomic E-state index is 11.8. The second-order valence-electron chi connectivity index (χ2n) is 10.2. The van der Waals surface area contributed by atoms with Gasteiger partial charge in [0.25, 0.3) is 0 Å². The molecule has 0 aromatic heterocycles. The first-order valence-electron chi connectivity index (χ1n) is 13.1. The van der Waals surface area contributed by atoms with Crippen LogP contribution in [0.3, 0.4) is 0 Å². The number of carboxylic acids is 1. The van der Waals surface area contributed by atoms with E-state index in [-0.39, 0.29) is 17.8 Å². The van der Waals surface area contributed by atoms with Crippen molar-refractivity contribution in [2.45, 2.75) is 71.1 Å². The van der Waals surface area contributed by atoms with E-state index in [0.29, 0.717) is 35.7 Å². The zero-order chi connectivity index (χ0) is 26.4. The molecule has 3 atom stereocenters. The van der Waals surface area contributed by atoms with Gasteiger partial charge in [0.05, 0.1) is 34.2 Å². The largest absolute Gasteiger partial charge is 0.478 e. The molecule has 1 fully saturated rings. The van der Waals surface area contributed by atoms with Crippen molar-refractivity contribution in [3.63, 3.8) is 0 Å². The number of aliphatic carboxylic acids is 1. The van der Waals surface area contributed by atoms with E-state index in [9.17, 15) is 15.0 Å². The van der Waals surface area contributed by atoms with Gasteiger partial charge in [-0.15, -0.1) is 0 Å².